The van der Waals surface area contributed by atoms with E-state index in [4.69, 9.17) is 5.11 Å². The van der Waals surface area contributed by atoms with Gasteiger partial charge in [0.25, 0.3) is 5.91 Å². The molecule has 108 valence electrons. The minimum Gasteiger partial charge on any atom is -0.481 e. The maximum atomic E-state index is 13.0. The standard InChI is InChI=1S/C14H17FN2O3/c15-12-9-11(3-6-16-12)14(20)17-7-4-10(5-8-17)1-2-13(18)19/h3,6,9-10H,1-2,4-5,7-8H2,(H,18,19). The first-order valence-corrected chi connectivity index (χ1v) is 6.69. The number of pyridine rings is 1. The second-order valence-corrected chi connectivity index (χ2v) is 5.04. The van der Waals surface area contributed by atoms with Crippen LogP contribution in [0.25, 0.3) is 0 Å². The molecule has 20 heavy (non-hydrogen) atoms. The third kappa shape index (κ3) is 3.76. The Kier molecular flexibility index (Phi) is 4.65. The molecule has 0 radical (unpaired) electrons. The van der Waals surface area contributed by atoms with Crippen LogP contribution in [0.1, 0.15) is 36.0 Å². The molecule has 1 aromatic heterocycles. The molecule has 0 spiro atoms. The van der Waals surface area contributed by atoms with Gasteiger partial charge in [0.05, 0.1) is 0 Å². The van der Waals surface area contributed by atoms with Crippen molar-refractivity contribution in [3.63, 3.8) is 0 Å². The molecule has 1 fully saturated rings. The summed E-state index contributed by atoms with van der Waals surface area (Å²) in [5.74, 6) is -1.28. The number of piperidine rings is 1. The topological polar surface area (TPSA) is 70.5 Å². The summed E-state index contributed by atoms with van der Waals surface area (Å²) >= 11 is 0. The first-order chi connectivity index (χ1) is 9.56. The Bertz CT molecular complexity index is 499. The molecule has 0 saturated carbocycles. The predicted octanol–water partition coefficient (Wildman–Crippen LogP) is 1.94. The molecule has 6 heteroatoms. The second kappa shape index (κ2) is 6.45. The summed E-state index contributed by atoms with van der Waals surface area (Å²) in [4.78, 5) is 27.8. The lowest BCUT2D eigenvalue weighted by molar-refractivity contribution is -0.137. The van der Waals surface area contributed by atoms with Crippen molar-refractivity contribution in [1.82, 2.24) is 9.88 Å². The molecule has 1 N–H and O–H groups in total. The first-order valence-electron chi connectivity index (χ1n) is 6.69. The number of carboxylic acid groups (broad SMARTS) is 1. The highest BCUT2D eigenvalue weighted by atomic mass is 19.1. The third-order valence-electron chi connectivity index (χ3n) is 3.64. The number of aromatic nitrogens is 1. The van der Waals surface area contributed by atoms with Crippen molar-refractivity contribution in [3.8, 4) is 0 Å². The van der Waals surface area contributed by atoms with Gasteiger partial charge in [-0.2, -0.15) is 4.39 Å². The largest absolute Gasteiger partial charge is 0.481 e. The van der Waals surface area contributed by atoms with Gasteiger partial charge in [0.1, 0.15) is 0 Å². The van der Waals surface area contributed by atoms with Gasteiger partial charge >= 0.3 is 5.97 Å². The van der Waals surface area contributed by atoms with E-state index in [0.717, 1.165) is 18.9 Å². The zero-order valence-corrected chi connectivity index (χ0v) is 11.1. The lowest BCUT2D eigenvalue weighted by atomic mass is 9.92. The van der Waals surface area contributed by atoms with Gasteiger partial charge < -0.3 is 10.0 Å². The number of nitrogens with zero attached hydrogens (tertiary/aromatic N) is 2. The van der Waals surface area contributed by atoms with E-state index >= 15 is 0 Å². The van der Waals surface area contributed by atoms with Gasteiger partial charge in [-0.1, -0.05) is 0 Å². The SMILES string of the molecule is O=C(O)CCC1CCN(C(=O)c2ccnc(F)c2)CC1. The molecule has 0 aliphatic carbocycles. The number of carboxylic acids is 1. The number of amides is 1. The van der Waals surface area contributed by atoms with Crippen LogP contribution >= 0.6 is 0 Å². The van der Waals surface area contributed by atoms with E-state index in [1.165, 1.54) is 12.3 Å². The molecular weight excluding hydrogens is 263 g/mol. The number of halogens is 1. The fraction of sp³-hybridized carbons (Fsp3) is 0.500. The minimum atomic E-state index is -0.782. The molecule has 1 saturated heterocycles. The molecule has 1 aliphatic heterocycles. The zero-order valence-electron chi connectivity index (χ0n) is 11.1. The van der Waals surface area contributed by atoms with Gasteiger partial charge in [-0.15, -0.1) is 0 Å². The fourth-order valence-electron chi connectivity index (χ4n) is 2.47. The molecule has 1 aromatic rings. The minimum absolute atomic E-state index is 0.175. The van der Waals surface area contributed by atoms with Crippen molar-refractivity contribution in [2.24, 2.45) is 5.92 Å². The fourth-order valence-corrected chi connectivity index (χ4v) is 2.47. The average Bonchev–Trinajstić information content (AvgIpc) is 2.45. The second-order valence-electron chi connectivity index (χ2n) is 5.04. The summed E-state index contributed by atoms with van der Waals surface area (Å²) in [6.07, 6.45) is 3.71. The summed E-state index contributed by atoms with van der Waals surface area (Å²) < 4.78 is 13.0. The summed E-state index contributed by atoms with van der Waals surface area (Å²) in [6.45, 7) is 1.18. The predicted molar refractivity (Wildman–Crippen MR) is 69.7 cm³/mol. The van der Waals surface area contributed by atoms with E-state index in [1.807, 2.05) is 0 Å². The number of carbonyl (C=O) groups is 2. The molecular formula is C14H17FN2O3. The van der Waals surface area contributed by atoms with Gasteiger partial charge in [-0.3, -0.25) is 9.59 Å². The van der Waals surface area contributed by atoms with Crippen LogP contribution in [-0.2, 0) is 4.79 Å². The number of rotatable bonds is 4. The number of hydrogen-bond acceptors (Lipinski definition) is 3. The molecule has 1 aliphatic rings. The van der Waals surface area contributed by atoms with Gasteiger partial charge in [0.2, 0.25) is 5.95 Å². The number of likely N-dealkylation sites (tertiary alicyclic amines) is 1. The van der Waals surface area contributed by atoms with E-state index in [-0.39, 0.29) is 12.3 Å². The van der Waals surface area contributed by atoms with E-state index in [1.54, 1.807) is 4.90 Å². The Hall–Kier alpha value is -1.98. The van der Waals surface area contributed by atoms with Crippen LogP contribution in [0.2, 0.25) is 0 Å². The molecule has 2 rings (SSSR count). The maximum Gasteiger partial charge on any atom is 0.303 e. The number of carbonyl (C=O) groups excluding carboxylic acids is 1. The van der Waals surface area contributed by atoms with Crippen LogP contribution in [0.5, 0.6) is 0 Å². The average molecular weight is 280 g/mol. The Morgan fingerprint density at radius 1 is 1.40 bits per heavy atom. The van der Waals surface area contributed by atoms with Crippen LogP contribution in [0.3, 0.4) is 0 Å². The number of hydrogen-bond donors (Lipinski definition) is 1. The van der Waals surface area contributed by atoms with Crippen molar-refractivity contribution in [3.05, 3.63) is 29.8 Å². The van der Waals surface area contributed by atoms with Gasteiger partial charge in [0, 0.05) is 37.3 Å². The highest BCUT2D eigenvalue weighted by Gasteiger charge is 2.24. The van der Waals surface area contributed by atoms with E-state index < -0.39 is 11.9 Å². The zero-order chi connectivity index (χ0) is 14.5. The van der Waals surface area contributed by atoms with Crippen molar-refractivity contribution in [2.45, 2.75) is 25.7 Å². The Morgan fingerprint density at radius 2 is 2.10 bits per heavy atom. The maximum absolute atomic E-state index is 13.0. The van der Waals surface area contributed by atoms with E-state index in [0.29, 0.717) is 31.0 Å². The normalized spacial score (nSPS) is 16.1. The van der Waals surface area contributed by atoms with Crippen molar-refractivity contribution < 1.29 is 19.1 Å². The molecule has 0 aromatic carbocycles. The summed E-state index contributed by atoms with van der Waals surface area (Å²) in [5.41, 5.74) is 0.307. The van der Waals surface area contributed by atoms with Crippen LogP contribution in [0.4, 0.5) is 4.39 Å². The molecule has 0 unspecified atom stereocenters. The Labute approximate surface area is 116 Å². The lowest BCUT2D eigenvalue weighted by Gasteiger charge is -2.31. The molecule has 0 atom stereocenters. The summed E-state index contributed by atoms with van der Waals surface area (Å²) in [7, 11) is 0. The number of aliphatic carboxylic acids is 1. The molecule has 1 amide bonds. The lowest BCUT2D eigenvalue weighted by Crippen LogP contribution is -2.38. The highest BCUT2D eigenvalue weighted by molar-refractivity contribution is 5.94. The quantitative estimate of drug-likeness (QED) is 0.856. The Morgan fingerprint density at radius 3 is 2.70 bits per heavy atom. The van der Waals surface area contributed by atoms with Crippen molar-refractivity contribution in [1.29, 1.82) is 0 Å². The van der Waals surface area contributed by atoms with Gasteiger partial charge in [-0.25, -0.2) is 4.98 Å². The Balaban J connectivity index is 1.87. The highest BCUT2D eigenvalue weighted by Crippen LogP contribution is 2.23. The summed E-state index contributed by atoms with van der Waals surface area (Å²) in [5, 5.41) is 8.65. The summed E-state index contributed by atoms with van der Waals surface area (Å²) in [6, 6.07) is 2.64. The van der Waals surface area contributed by atoms with Crippen LogP contribution < -0.4 is 0 Å². The van der Waals surface area contributed by atoms with Crippen molar-refractivity contribution in [2.75, 3.05) is 13.1 Å². The molecule has 5 nitrogen and oxygen atoms in total. The third-order valence-corrected chi connectivity index (χ3v) is 3.64. The first kappa shape index (κ1) is 14.4. The van der Waals surface area contributed by atoms with Crippen LogP contribution in [0, 0.1) is 11.9 Å². The van der Waals surface area contributed by atoms with Crippen LogP contribution in [-0.4, -0.2) is 40.0 Å². The monoisotopic (exact) mass is 280 g/mol. The van der Waals surface area contributed by atoms with Gasteiger partial charge in [0.15, 0.2) is 0 Å². The van der Waals surface area contributed by atoms with Crippen LogP contribution in [0.15, 0.2) is 18.3 Å². The van der Waals surface area contributed by atoms with Gasteiger partial charge in [-0.05, 0) is 31.2 Å². The molecule has 0 bridgehead atoms. The smallest absolute Gasteiger partial charge is 0.303 e. The van der Waals surface area contributed by atoms with E-state index in [2.05, 4.69) is 4.98 Å². The van der Waals surface area contributed by atoms with Crippen molar-refractivity contribution >= 4 is 11.9 Å². The molecule has 2 heterocycles. The van der Waals surface area contributed by atoms with E-state index in [9.17, 15) is 14.0 Å².